The lowest BCUT2D eigenvalue weighted by Crippen LogP contribution is -1.87. The van der Waals surface area contributed by atoms with Crippen LogP contribution in [0.2, 0.25) is 0 Å². The molecule has 2 aromatic carbocycles. The van der Waals surface area contributed by atoms with Gasteiger partial charge in [-0.1, -0.05) is 74.8 Å². The van der Waals surface area contributed by atoms with Gasteiger partial charge in [-0.05, 0) is 67.5 Å². The Kier molecular flexibility index (Phi) is 9.37. The van der Waals surface area contributed by atoms with Crippen LogP contribution in [0.3, 0.4) is 0 Å². The van der Waals surface area contributed by atoms with E-state index in [1.807, 2.05) is 6.08 Å². The van der Waals surface area contributed by atoms with Gasteiger partial charge in [-0.25, -0.2) is 0 Å². The molecule has 0 N–H and O–H groups in total. The van der Waals surface area contributed by atoms with Crippen molar-refractivity contribution in [1.82, 2.24) is 0 Å². The van der Waals surface area contributed by atoms with Crippen LogP contribution < -0.4 is 0 Å². The van der Waals surface area contributed by atoms with E-state index < -0.39 is 0 Å². The summed E-state index contributed by atoms with van der Waals surface area (Å²) in [6.07, 6.45) is 13.2. The van der Waals surface area contributed by atoms with E-state index in [1.54, 1.807) is 0 Å². The highest BCUT2D eigenvalue weighted by atomic mass is 14.0. The third-order valence-corrected chi connectivity index (χ3v) is 4.70. The molecule has 0 spiro atoms. The zero-order valence-electron chi connectivity index (χ0n) is 16.3. The predicted molar refractivity (Wildman–Crippen MR) is 114 cm³/mol. The van der Waals surface area contributed by atoms with Crippen LogP contribution in [0.15, 0.2) is 61.2 Å². The molecule has 136 valence electrons. The summed E-state index contributed by atoms with van der Waals surface area (Å²) in [5.74, 6) is 6.56. The van der Waals surface area contributed by atoms with E-state index in [2.05, 4.69) is 73.9 Å². The predicted octanol–water partition coefficient (Wildman–Crippen LogP) is 7.11. The van der Waals surface area contributed by atoms with Crippen molar-refractivity contribution in [2.45, 2.75) is 64.7 Å². The molecular weight excluding hydrogens is 312 g/mol. The summed E-state index contributed by atoms with van der Waals surface area (Å²) in [7, 11) is 0. The third kappa shape index (κ3) is 7.75. The number of rotatable bonds is 10. The van der Waals surface area contributed by atoms with E-state index in [9.17, 15) is 0 Å². The number of benzene rings is 2. The molecule has 0 heteroatoms. The molecule has 0 atom stereocenters. The SMILES string of the molecule is C=CCCCc1ccc(C#Cc2ccc(CCCCCCC)cc2)cc1. The fourth-order valence-corrected chi connectivity index (χ4v) is 3.04. The lowest BCUT2D eigenvalue weighted by Gasteiger charge is -2.02. The van der Waals surface area contributed by atoms with E-state index in [1.165, 1.54) is 56.1 Å². The Morgan fingerprint density at radius 3 is 1.69 bits per heavy atom. The molecule has 2 rings (SSSR count). The van der Waals surface area contributed by atoms with Crippen molar-refractivity contribution in [3.05, 3.63) is 83.4 Å². The molecule has 0 saturated heterocycles. The van der Waals surface area contributed by atoms with Gasteiger partial charge in [-0.3, -0.25) is 0 Å². The molecule has 0 aromatic heterocycles. The molecule has 0 bridgehead atoms. The quantitative estimate of drug-likeness (QED) is 0.245. The van der Waals surface area contributed by atoms with Gasteiger partial charge in [-0.2, -0.15) is 0 Å². The minimum Gasteiger partial charge on any atom is -0.103 e. The zero-order chi connectivity index (χ0) is 18.5. The monoisotopic (exact) mass is 344 g/mol. The highest BCUT2D eigenvalue weighted by molar-refractivity contribution is 5.44. The summed E-state index contributed by atoms with van der Waals surface area (Å²) < 4.78 is 0. The first kappa shape index (κ1) is 20.1. The van der Waals surface area contributed by atoms with Crippen LogP contribution in [0.25, 0.3) is 0 Å². The second kappa shape index (κ2) is 12.2. The Balaban J connectivity index is 1.82. The molecule has 0 heterocycles. The molecule has 0 saturated carbocycles. The molecule has 0 aliphatic rings. The first-order valence-electron chi connectivity index (χ1n) is 10.1. The largest absolute Gasteiger partial charge is 0.103 e. The smallest absolute Gasteiger partial charge is 0.0249 e. The number of hydrogen-bond donors (Lipinski definition) is 0. The van der Waals surface area contributed by atoms with E-state index in [-0.39, 0.29) is 0 Å². The Bertz CT molecular complexity index is 692. The van der Waals surface area contributed by atoms with Crippen LogP contribution >= 0.6 is 0 Å². The minimum atomic E-state index is 1.08. The Morgan fingerprint density at radius 1 is 0.692 bits per heavy atom. The van der Waals surface area contributed by atoms with E-state index in [4.69, 9.17) is 0 Å². The maximum atomic E-state index is 3.77. The van der Waals surface area contributed by atoms with Gasteiger partial charge in [0.25, 0.3) is 0 Å². The zero-order valence-corrected chi connectivity index (χ0v) is 16.3. The van der Waals surface area contributed by atoms with Gasteiger partial charge in [0, 0.05) is 11.1 Å². The van der Waals surface area contributed by atoms with Crippen LogP contribution in [0.5, 0.6) is 0 Å². The molecule has 0 radical (unpaired) electrons. The Labute approximate surface area is 160 Å². The number of unbranched alkanes of at least 4 members (excludes halogenated alkanes) is 5. The standard InChI is InChI=1S/C26H32/c1-3-5-7-8-10-12-24-15-19-26(20-16-24)22-21-25-17-13-23(14-18-25)11-9-6-4-2/h4,13-20H,2-3,5-12H2,1H3. The van der Waals surface area contributed by atoms with Crippen LogP contribution in [0, 0.1) is 11.8 Å². The summed E-state index contributed by atoms with van der Waals surface area (Å²) >= 11 is 0. The fourth-order valence-electron chi connectivity index (χ4n) is 3.04. The molecule has 2 aromatic rings. The summed E-state index contributed by atoms with van der Waals surface area (Å²) in [6, 6.07) is 17.4. The topological polar surface area (TPSA) is 0 Å². The van der Waals surface area contributed by atoms with Crippen molar-refractivity contribution in [3.8, 4) is 11.8 Å². The molecule has 0 nitrogen and oxygen atoms in total. The van der Waals surface area contributed by atoms with Gasteiger partial charge in [-0.15, -0.1) is 6.58 Å². The summed E-state index contributed by atoms with van der Waals surface area (Å²) in [6.45, 7) is 6.03. The average molecular weight is 345 g/mol. The summed E-state index contributed by atoms with van der Waals surface area (Å²) in [4.78, 5) is 0. The molecule has 0 aliphatic carbocycles. The van der Waals surface area contributed by atoms with Crippen molar-refractivity contribution in [2.75, 3.05) is 0 Å². The lowest BCUT2D eigenvalue weighted by atomic mass is 10.0. The molecular formula is C26H32. The molecule has 26 heavy (non-hydrogen) atoms. The number of aryl methyl sites for hydroxylation is 2. The normalized spacial score (nSPS) is 10.2. The Hall–Kier alpha value is -2.26. The number of hydrogen-bond acceptors (Lipinski definition) is 0. The van der Waals surface area contributed by atoms with Crippen LogP contribution in [-0.4, -0.2) is 0 Å². The maximum Gasteiger partial charge on any atom is 0.0249 e. The summed E-state index contributed by atoms with van der Waals surface area (Å²) in [5, 5.41) is 0. The van der Waals surface area contributed by atoms with Gasteiger partial charge in [0.1, 0.15) is 0 Å². The van der Waals surface area contributed by atoms with Crippen molar-refractivity contribution >= 4 is 0 Å². The minimum absolute atomic E-state index is 1.08. The van der Waals surface area contributed by atoms with Crippen molar-refractivity contribution < 1.29 is 0 Å². The third-order valence-electron chi connectivity index (χ3n) is 4.70. The first-order valence-corrected chi connectivity index (χ1v) is 10.1. The van der Waals surface area contributed by atoms with Gasteiger partial charge in [0.15, 0.2) is 0 Å². The molecule has 0 amide bonds. The van der Waals surface area contributed by atoms with Gasteiger partial charge < -0.3 is 0 Å². The van der Waals surface area contributed by atoms with E-state index in [0.717, 1.165) is 24.0 Å². The first-order chi connectivity index (χ1) is 12.8. The molecule has 0 aliphatic heterocycles. The second-order valence-electron chi connectivity index (χ2n) is 6.99. The average Bonchev–Trinajstić information content (AvgIpc) is 2.68. The van der Waals surface area contributed by atoms with Crippen molar-refractivity contribution in [1.29, 1.82) is 0 Å². The molecule has 0 fully saturated rings. The van der Waals surface area contributed by atoms with E-state index in [0.29, 0.717) is 0 Å². The van der Waals surface area contributed by atoms with Crippen molar-refractivity contribution in [3.63, 3.8) is 0 Å². The highest BCUT2D eigenvalue weighted by Crippen LogP contribution is 2.11. The maximum absolute atomic E-state index is 3.77. The highest BCUT2D eigenvalue weighted by Gasteiger charge is 1.95. The van der Waals surface area contributed by atoms with Crippen LogP contribution in [0.1, 0.15) is 74.1 Å². The van der Waals surface area contributed by atoms with Crippen molar-refractivity contribution in [2.24, 2.45) is 0 Å². The van der Waals surface area contributed by atoms with Gasteiger partial charge in [0.05, 0.1) is 0 Å². The van der Waals surface area contributed by atoms with Gasteiger partial charge >= 0.3 is 0 Å². The molecule has 0 unspecified atom stereocenters. The van der Waals surface area contributed by atoms with Gasteiger partial charge in [0.2, 0.25) is 0 Å². The van der Waals surface area contributed by atoms with E-state index >= 15 is 0 Å². The fraction of sp³-hybridized carbons (Fsp3) is 0.385. The Morgan fingerprint density at radius 2 is 1.19 bits per heavy atom. The van der Waals surface area contributed by atoms with Crippen LogP contribution in [-0.2, 0) is 12.8 Å². The summed E-state index contributed by atoms with van der Waals surface area (Å²) in [5.41, 5.74) is 4.98. The lowest BCUT2D eigenvalue weighted by molar-refractivity contribution is 0.632. The number of allylic oxidation sites excluding steroid dienone is 1. The van der Waals surface area contributed by atoms with Crippen LogP contribution in [0.4, 0.5) is 0 Å². The second-order valence-corrected chi connectivity index (χ2v) is 6.99.